The summed E-state index contributed by atoms with van der Waals surface area (Å²) in [6.45, 7) is 0.660. The summed E-state index contributed by atoms with van der Waals surface area (Å²) >= 11 is 0. The Hall–Kier alpha value is -2.88. The van der Waals surface area contributed by atoms with Crippen molar-refractivity contribution >= 4 is 11.4 Å². The second-order valence-electron chi connectivity index (χ2n) is 4.16. The second-order valence-corrected chi connectivity index (χ2v) is 4.16. The minimum Gasteiger partial charge on any atom is -0.384 e. The van der Waals surface area contributed by atoms with Crippen molar-refractivity contribution in [1.29, 1.82) is 5.26 Å². The van der Waals surface area contributed by atoms with Gasteiger partial charge in [0.05, 0.1) is 16.2 Å². The van der Waals surface area contributed by atoms with Crippen molar-refractivity contribution in [2.75, 3.05) is 11.9 Å². The van der Waals surface area contributed by atoms with Gasteiger partial charge in [0.25, 0.3) is 5.69 Å². The first-order valence-corrected chi connectivity index (χ1v) is 6.11. The first kappa shape index (κ1) is 13.5. The van der Waals surface area contributed by atoms with Crippen LogP contribution in [-0.4, -0.2) is 21.4 Å². The Morgan fingerprint density at radius 3 is 3.00 bits per heavy atom. The van der Waals surface area contributed by atoms with Crippen LogP contribution in [0.1, 0.15) is 17.8 Å². The zero-order chi connectivity index (χ0) is 14.4. The number of non-ortho nitro benzene ring substituents is 1. The van der Waals surface area contributed by atoms with Gasteiger partial charge in [-0.2, -0.15) is 5.26 Å². The van der Waals surface area contributed by atoms with Crippen LogP contribution in [0.15, 0.2) is 30.6 Å². The highest BCUT2D eigenvalue weighted by atomic mass is 16.6. The second kappa shape index (κ2) is 6.33. The van der Waals surface area contributed by atoms with Crippen molar-refractivity contribution in [1.82, 2.24) is 9.97 Å². The van der Waals surface area contributed by atoms with E-state index in [9.17, 15) is 10.1 Å². The monoisotopic (exact) mass is 271 g/mol. The molecule has 1 aromatic heterocycles. The lowest BCUT2D eigenvalue weighted by Gasteiger charge is -2.07. The van der Waals surface area contributed by atoms with Gasteiger partial charge in [-0.1, -0.05) is 0 Å². The molecule has 7 nitrogen and oxygen atoms in total. The highest BCUT2D eigenvalue weighted by Crippen LogP contribution is 2.21. The molecule has 2 rings (SSSR count). The number of rotatable bonds is 6. The number of nitriles is 1. The molecule has 0 unspecified atom stereocenters. The largest absolute Gasteiger partial charge is 0.384 e. The number of benzene rings is 1. The summed E-state index contributed by atoms with van der Waals surface area (Å²) in [5.74, 6) is 0.913. The first-order valence-electron chi connectivity index (χ1n) is 6.11. The number of hydrogen-bond donors (Lipinski definition) is 2. The van der Waals surface area contributed by atoms with E-state index in [-0.39, 0.29) is 11.3 Å². The number of aryl methyl sites for hydroxylation is 1. The highest BCUT2D eigenvalue weighted by molar-refractivity contribution is 5.61. The third kappa shape index (κ3) is 3.32. The quantitative estimate of drug-likeness (QED) is 0.476. The number of hydrogen-bond acceptors (Lipinski definition) is 5. The van der Waals surface area contributed by atoms with Gasteiger partial charge in [-0.3, -0.25) is 10.1 Å². The molecule has 0 spiro atoms. The van der Waals surface area contributed by atoms with E-state index >= 15 is 0 Å². The van der Waals surface area contributed by atoms with Crippen LogP contribution in [0.3, 0.4) is 0 Å². The summed E-state index contributed by atoms with van der Waals surface area (Å²) in [4.78, 5) is 17.3. The van der Waals surface area contributed by atoms with E-state index in [0.29, 0.717) is 12.2 Å². The maximum absolute atomic E-state index is 10.6. The van der Waals surface area contributed by atoms with Crippen molar-refractivity contribution in [3.05, 3.63) is 52.1 Å². The average Bonchev–Trinajstić information content (AvgIpc) is 2.96. The predicted octanol–water partition coefficient (Wildman–Crippen LogP) is 2.23. The summed E-state index contributed by atoms with van der Waals surface area (Å²) in [7, 11) is 0. The van der Waals surface area contributed by atoms with E-state index in [1.807, 2.05) is 6.07 Å². The van der Waals surface area contributed by atoms with Gasteiger partial charge in [0.15, 0.2) is 0 Å². The minimum atomic E-state index is -0.512. The smallest absolute Gasteiger partial charge is 0.270 e. The lowest BCUT2D eigenvalue weighted by atomic mass is 10.1. The number of aromatic amines is 1. The molecule has 0 aliphatic heterocycles. The van der Waals surface area contributed by atoms with E-state index in [0.717, 1.165) is 18.7 Å². The average molecular weight is 271 g/mol. The Balaban J connectivity index is 1.92. The van der Waals surface area contributed by atoms with E-state index < -0.39 is 4.92 Å². The van der Waals surface area contributed by atoms with Crippen molar-refractivity contribution in [2.45, 2.75) is 12.8 Å². The standard InChI is InChI=1S/C13H13N5O2/c14-9-10-8-11(18(19)20)3-4-12(10)15-5-1-2-13-16-6-7-17-13/h3-4,6-8,15H,1-2,5H2,(H,16,17). The van der Waals surface area contributed by atoms with E-state index in [1.165, 1.54) is 12.1 Å². The summed E-state index contributed by atoms with van der Waals surface area (Å²) in [6, 6.07) is 6.18. The van der Waals surface area contributed by atoms with Gasteiger partial charge in [-0.05, 0) is 12.5 Å². The van der Waals surface area contributed by atoms with Gasteiger partial charge < -0.3 is 10.3 Å². The normalized spacial score (nSPS) is 9.95. The third-order valence-electron chi connectivity index (χ3n) is 2.80. The molecule has 1 heterocycles. The first-order chi connectivity index (χ1) is 9.70. The zero-order valence-electron chi connectivity index (χ0n) is 10.7. The Labute approximate surface area is 115 Å². The summed E-state index contributed by atoms with van der Waals surface area (Å²) in [6.07, 6.45) is 5.12. The van der Waals surface area contributed by atoms with Crippen molar-refractivity contribution in [3.8, 4) is 6.07 Å². The van der Waals surface area contributed by atoms with Crippen LogP contribution in [-0.2, 0) is 6.42 Å². The lowest BCUT2D eigenvalue weighted by Crippen LogP contribution is -2.05. The predicted molar refractivity (Wildman–Crippen MR) is 73.2 cm³/mol. The van der Waals surface area contributed by atoms with Crippen LogP contribution in [0.5, 0.6) is 0 Å². The molecule has 0 bridgehead atoms. The Kier molecular flexibility index (Phi) is 4.29. The van der Waals surface area contributed by atoms with Gasteiger partial charge in [0, 0.05) is 37.5 Å². The van der Waals surface area contributed by atoms with E-state index in [2.05, 4.69) is 15.3 Å². The van der Waals surface area contributed by atoms with Gasteiger partial charge in [0.2, 0.25) is 0 Å². The molecule has 1 aromatic carbocycles. The molecule has 2 aromatic rings. The summed E-state index contributed by atoms with van der Waals surface area (Å²) < 4.78 is 0. The number of anilines is 1. The highest BCUT2D eigenvalue weighted by Gasteiger charge is 2.10. The Morgan fingerprint density at radius 1 is 1.50 bits per heavy atom. The fourth-order valence-corrected chi connectivity index (χ4v) is 1.81. The topological polar surface area (TPSA) is 108 Å². The summed E-state index contributed by atoms with van der Waals surface area (Å²) in [5.41, 5.74) is 0.803. The van der Waals surface area contributed by atoms with Crippen LogP contribution in [0.4, 0.5) is 11.4 Å². The van der Waals surface area contributed by atoms with Crippen LogP contribution in [0, 0.1) is 21.4 Å². The maximum atomic E-state index is 10.6. The molecule has 0 fully saturated rings. The molecule has 7 heteroatoms. The molecule has 0 saturated heterocycles. The minimum absolute atomic E-state index is 0.0808. The summed E-state index contributed by atoms with van der Waals surface area (Å²) in [5, 5.41) is 22.7. The number of nitro benzene ring substituents is 1. The number of aromatic nitrogens is 2. The van der Waals surface area contributed by atoms with Crippen molar-refractivity contribution in [3.63, 3.8) is 0 Å². The lowest BCUT2D eigenvalue weighted by molar-refractivity contribution is -0.384. The number of nitrogens with zero attached hydrogens (tertiary/aromatic N) is 3. The number of H-pyrrole nitrogens is 1. The number of nitrogens with one attached hydrogen (secondary N) is 2. The van der Waals surface area contributed by atoms with Gasteiger partial charge in [-0.25, -0.2) is 4.98 Å². The Bertz CT molecular complexity index is 631. The van der Waals surface area contributed by atoms with Crippen LogP contribution < -0.4 is 5.32 Å². The van der Waals surface area contributed by atoms with Gasteiger partial charge in [-0.15, -0.1) is 0 Å². The van der Waals surface area contributed by atoms with Gasteiger partial charge >= 0.3 is 0 Å². The molecule has 0 aliphatic rings. The van der Waals surface area contributed by atoms with E-state index in [1.54, 1.807) is 18.5 Å². The molecule has 0 saturated carbocycles. The SMILES string of the molecule is N#Cc1cc([N+](=O)[O-])ccc1NCCCc1ncc[nH]1. The third-order valence-corrected chi connectivity index (χ3v) is 2.80. The van der Waals surface area contributed by atoms with Crippen LogP contribution >= 0.6 is 0 Å². The zero-order valence-corrected chi connectivity index (χ0v) is 10.7. The number of nitro groups is 1. The van der Waals surface area contributed by atoms with Crippen molar-refractivity contribution < 1.29 is 4.92 Å². The molecular weight excluding hydrogens is 258 g/mol. The molecule has 0 atom stereocenters. The maximum Gasteiger partial charge on any atom is 0.270 e. The van der Waals surface area contributed by atoms with Crippen LogP contribution in [0.2, 0.25) is 0 Å². The van der Waals surface area contributed by atoms with E-state index in [4.69, 9.17) is 5.26 Å². The molecular formula is C13H13N5O2. The number of imidazole rings is 1. The fourth-order valence-electron chi connectivity index (χ4n) is 1.81. The molecule has 102 valence electrons. The molecule has 0 aliphatic carbocycles. The van der Waals surface area contributed by atoms with Gasteiger partial charge in [0.1, 0.15) is 11.9 Å². The Morgan fingerprint density at radius 2 is 2.35 bits per heavy atom. The molecule has 0 amide bonds. The fraction of sp³-hybridized carbons (Fsp3) is 0.231. The van der Waals surface area contributed by atoms with Crippen molar-refractivity contribution in [2.24, 2.45) is 0 Å². The molecule has 0 radical (unpaired) electrons. The molecule has 20 heavy (non-hydrogen) atoms. The molecule has 2 N–H and O–H groups in total. The van der Waals surface area contributed by atoms with Crippen LogP contribution in [0.25, 0.3) is 0 Å².